The van der Waals surface area contributed by atoms with Crippen molar-refractivity contribution in [2.24, 2.45) is 7.05 Å². The van der Waals surface area contributed by atoms with Crippen LogP contribution < -0.4 is 11.1 Å². The van der Waals surface area contributed by atoms with E-state index in [0.717, 1.165) is 6.42 Å². The fraction of sp³-hybridized carbons (Fsp3) is 0.500. The van der Waals surface area contributed by atoms with E-state index in [4.69, 9.17) is 5.73 Å². The van der Waals surface area contributed by atoms with Gasteiger partial charge in [0.05, 0.1) is 18.4 Å². The molecule has 0 radical (unpaired) electrons. The van der Waals surface area contributed by atoms with Gasteiger partial charge in [-0.2, -0.15) is 5.10 Å². The quantitative estimate of drug-likeness (QED) is 0.652. The van der Waals surface area contributed by atoms with Gasteiger partial charge in [-0.1, -0.05) is 0 Å². The third kappa shape index (κ3) is 2.22. The molecule has 0 unspecified atom stereocenters. The topological polar surface area (TPSA) is 93.2 Å². The SMILES string of the molecule is Cn1ncc(N)c1C(=O)N1CCCNC(=O)C1. The molecule has 1 fully saturated rings. The number of anilines is 1. The molecule has 2 amide bonds. The lowest BCUT2D eigenvalue weighted by atomic mass is 10.3. The number of hydrogen-bond donors (Lipinski definition) is 2. The Morgan fingerprint density at radius 1 is 1.59 bits per heavy atom. The summed E-state index contributed by atoms with van der Waals surface area (Å²) >= 11 is 0. The van der Waals surface area contributed by atoms with Crippen molar-refractivity contribution >= 4 is 17.5 Å². The van der Waals surface area contributed by atoms with Crippen molar-refractivity contribution in [1.82, 2.24) is 20.0 Å². The molecule has 0 saturated carbocycles. The average Bonchev–Trinajstić information content (AvgIpc) is 2.51. The van der Waals surface area contributed by atoms with Crippen LogP contribution in [-0.4, -0.2) is 46.1 Å². The zero-order chi connectivity index (χ0) is 12.4. The van der Waals surface area contributed by atoms with Gasteiger partial charge in [0, 0.05) is 20.1 Å². The molecule has 1 saturated heterocycles. The number of hydrogen-bond acceptors (Lipinski definition) is 4. The summed E-state index contributed by atoms with van der Waals surface area (Å²) in [5.41, 5.74) is 6.36. The summed E-state index contributed by atoms with van der Waals surface area (Å²) in [7, 11) is 1.65. The number of amides is 2. The van der Waals surface area contributed by atoms with E-state index in [1.165, 1.54) is 15.8 Å². The first-order valence-electron chi connectivity index (χ1n) is 5.43. The summed E-state index contributed by atoms with van der Waals surface area (Å²) < 4.78 is 1.43. The summed E-state index contributed by atoms with van der Waals surface area (Å²) in [6.07, 6.45) is 2.18. The zero-order valence-electron chi connectivity index (χ0n) is 9.64. The first kappa shape index (κ1) is 11.4. The van der Waals surface area contributed by atoms with Crippen molar-refractivity contribution in [2.45, 2.75) is 6.42 Å². The number of nitrogen functional groups attached to an aromatic ring is 1. The molecule has 0 spiro atoms. The van der Waals surface area contributed by atoms with Gasteiger partial charge in [0.25, 0.3) is 5.91 Å². The van der Waals surface area contributed by atoms with Crippen molar-refractivity contribution in [2.75, 3.05) is 25.4 Å². The van der Waals surface area contributed by atoms with E-state index >= 15 is 0 Å². The Morgan fingerprint density at radius 3 is 3.00 bits per heavy atom. The number of aryl methyl sites for hydroxylation is 1. The predicted molar refractivity (Wildman–Crippen MR) is 61.2 cm³/mol. The number of carbonyl (C=O) groups excluding carboxylic acids is 2. The van der Waals surface area contributed by atoms with Gasteiger partial charge in [0.2, 0.25) is 5.91 Å². The van der Waals surface area contributed by atoms with Crippen molar-refractivity contribution < 1.29 is 9.59 Å². The van der Waals surface area contributed by atoms with E-state index in [2.05, 4.69) is 10.4 Å². The first-order chi connectivity index (χ1) is 8.09. The highest BCUT2D eigenvalue weighted by atomic mass is 16.2. The van der Waals surface area contributed by atoms with Crippen LogP contribution in [0.25, 0.3) is 0 Å². The second kappa shape index (κ2) is 4.44. The smallest absolute Gasteiger partial charge is 0.274 e. The van der Waals surface area contributed by atoms with Crippen LogP contribution in [0.1, 0.15) is 16.9 Å². The standard InChI is InChI=1S/C10H15N5O2/c1-14-9(7(11)5-13-14)10(17)15-4-2-3-12-8(16)6-15/h5H,2-4,6,11H2,1H3,(H,12,16). The molecule has 1 aliphatic heterocycles. The van der Waals surface area contributed by atoms with Crippen LogP contribution in [0.3, 0.4) is 0 Å². The fourth-order valence-electron chi connectivity index (χ4n) is 1.85. The van der Waals surface area contributed by atoms with Gasteiger partial charge in [-0.3, -0.25) is 14.3 Å². The maximum atomic E-state index is 12.2. The lowest BCUT2D eigenvalue weighted by molar-refractivity contribution is -0.121. The molecular weight excluding hydrogens is 222 g/mol. The van der Waals surface area contributed by atoms with Crippen molar-refractivity contribution in [3.8, 4) is 0 Å². The second-order valence-corrected chi connectivity index (χ2v) is 4.00. The number of aromatic nitrogens is 2. The van der Waals surface area contributed by atoms with E-state index < -0.39 is 0 Å². The monoisotopic (exact) mass is 237 g/mol. The van der Waals surface area contributed by atoms with E-state index in [-0.39, 0.29) is 18.4 Å². The average molecular weight is 237 g/mol. The van der Waals surface area contributed by atoms with Crippen LogP contribution >= 0.6 is 0 Å². The summed E-state index contributed by atoms with van der Waals surface area (Å²) in [6, 6.07) is 0. The highest BCUT2D eigenvalue weighted by Gasteiger charge is 2.24. The number of rotatable bonds is 1. The largest absolute Gasteiger partial charge is 0.396 e. The number of nitrogens with two attached hydrogens (primary N) is 1. The first-order valence-corrected chi connectivity index (χ1v) is 5.43. The molecule has 1 aromatic rings. The van der Waals surface area contributed by atoms with Gasteiger partial charge in [-0.15, -0.1) is 0 Å². The molecule has 1 aromatic heterocycles. The van der Waals surface area contributed by atoms with Gasteiger partial charge in [-0.25, -0.2) is 0 Å². The Kier molecular flexibility index (Phi) is 2.99. The van der Waals surface area contributed by atoms with Crippen LogP contribution in [0.4, 0.5) is 5.69 Å². The third-order valence-electron chi connectivity index (χ3n) is 2.72. The molecule has 92 valence electrons. The lowest BCUT2D eigenvalue weighted by Crippen LogP contribution is -2.38. The van der Waals surface area contributed by atoms with Gasteiger partial charge >= 0.3 is 0 Å². The van der Waals surface area contributed by atoms with Crippen molar-refractivity contribution in [1.29, 1.82) is 0 Å². The van der Waals surface area contributed by atoms with Gasteiger partial charge < -0.3 is 16.0 Å². The van der Waals surface area contributed by atoms with Gasteiger partial charge in [0.1, 0.15) is 5.69 Å². The molecule has 7 nitrogen and oxygen atoms in total. The minimum atomic E-state index is -0.250. The predicted octanol–water partition coefficient (Wildman–Crippen LogP) is -1.04. The molecule has 0 aromatic carbocycles. The van der Waals surface area contributed by atoms with Crippen LogP contribution in [0, 0.1) is 0 Å². The Labute approximate surface area is 98.6 Å². The summed E-state index contributed by atoms with van der Waals surface area (Å²) in [5, 5.41) is 6.64. The van der Waals surface area contributed by atoms with E-state index in [1.807, 2.05) is 0 Å². The maximum Gasteiger partial charge on any atom is 0.274 e. The minimum absolute atomic E-state index is 0.0729. The Bertz CT molecular complexity index is 434. The Morgan fingerprint density at radius 2 is 2.35 bits per heavy atom. The number of carbonyl (C=O) groups is 2. The lowest BCUT2D eigenvalue weighted by Gasteiger charge is -2.19. The zero-order valence-corrected chi connectivity index (χ0v) is 9.64. The Balaban J connectivity index is 2.22. The number of nitrogens with zero attached hydrogens (tertiary/aromatic N) is 3. The number of nitrogens with one attached hydrogen (secondary N) is 1. The summed E-state index contributed by atoms with van der Waals surface area (Å²) in [6.45, 7) is 1.22. The van der Waals surface area contributed by atoms with E-state index in [0.29, 0.717) is 24.5 Å². The molecule has 7 heteroatoms. The highest BCUT2D eigenvalue weighted by Crippen LogP contribution is 2.13. The molecule has 0 aliphatic carbocycles. The molecule has 2 rings (SSSR count). The second-order valence-electron chi connectivity index (χ2n) is 4.00. The molecule has 2 heterocycles. The van der Waals surface area contributed by atoms with E-state index in [9.17, 15) is 9.59 Å². The summed E-state index contributed by atoms with van der Waals surface area (Å²) in [4.78, 5) is 25.1. The van der Waals surface area contributed by atoms with Crippen LogP contribution in [-0.2, 0) is 11.8 Å². The third-order valence-corrected chi connectivity index (χ3v) is 2.72. The highest BCUT2D eigenvalue weighted by molar-refractivity contribution is 5.99. The van der Waals surface area contributed by atoms with E-state index in [1.54, 1.807) is 7.05 Å². The van der Waals surface area contributed by atoms with Crippen LogP contribution in [0.15, 0.2) is 6.20 Å². The van der Waals surface area contributed by atoms with Crippen molar-refractivity contribution in [3.05, 3.63) is 11.9 Å². The molecule has 0 atom stereocenters. The molecule has 3 N–H and O–H groups in total. The fourth-order valence-corrected chi connectivity index (χ4v) is 1.85. The summed E-state index contributed by atoms with van der Waals surface area (Å²) in [5.74, 6) is -0.392. The van der Waals surface area contributed by atoms with Crippen LogP contribution in [0.5, 0.6) is 0 Å². The van der Waals surface area contributed by atoms with Crippen LogP contribution in [0.2, 0.25) is 0 Å². The normalized spacial score (nSPS) is 16.5. The minimum Gasteiger partial charge on any atom is -0.396 e. The maximum absolute atomic E-state index is 12.2. The molecule has 1 aliphatic rings. The molecule has 0 bridgehead atoms. The molecular formula is C10H15N5O2. The van der Waals surface area contributed by atoms with Gasteiger partial charge in [-0.05, 0) is 6.42 Å². The van der Waals surface area contributed by atoms with Gasteiger partial charge in [0.15, 0.2) is 0 Å². The molecule has 17 heavy (non-hydrogen) atoms. The Hall–Kier alpha value is -2.05. The van der Waals surface area contributed by atoms with Crippen molar-refractivity contribution in [3.63, 3.8) is 0 Å².